The van der Waals surface area contributed by atoms with Crippen molar-refractivity contribution in [3.8, 4) is 11.1 Å². The summed E-state index contributed by atoms with van der Waals surface area (Å²) in [6, 6.07) is 23.4. The first-order chi connectivity index (χ1) is 12.3. The predicted octanol–water partition coefficient (Wildman–Crippen LogP) is 5.38. The molecule has 0 radical (unpaired) electrons. The van der Waals surface area contributed by atoms with Crippen LogP contribution in [0.15, 0.2) is 89.7 Å². The number of para-hydroxylation sites is 1. The minimum Gasteiger partial charge on any atom is -0.472 e. The number of amides is 1. The maximum Gasteiger partial charge on any atom is 0.258 e. The fourth-order valence-electron chi connectivity index (χ4n) is 3.12. The summed E-state index contributed by atoms with van der Waals surface area (Å²) < 4.78 is 5.22. The number of fused-ring (bicyclic) bond motifs is 1. The molecule has 3 aromatic carbocycles. The zero-order chi connectivity index (χ0) is 17.2. The van der Waals surface area contributed by atoms with Crippen molar-refractivity contribution in [3.63, 3.8) is 0 Å². The van der Waals surface area contributed by atoms with Crippen LogP contribution in [0, 0.1) is 0 Å². The maximum atomic E-state index is 13.1. The standard InChI is InChI=1S/C22H17NO2/c1-23(17-7-3-2-4-8-17)22(24)21-12-6-10-19-18(9-5-11-20(19)21)16-13-14-25-15-16/h2-15H,1H3. The molecular formula is C22H17NO2. The molecule has 0 fully saturated rings. The minimum atomic E-state index is -0.0267. The number of anilines is 1. The van der Waals surface area contributed by atoms with Gasteiger partial charge in [0, 0.05) is 23.9 Å². The second-order valence-corrected chi connectivity index (χ2v) is 5.92. The van der Waals surface area contributed by atoms with E-state index in [1.54, 1.807) is 24.5 Å². The molecule has 0 spiro atoms. The molecule has 0 aliphatic rings. The molecule has 25 heavy (non-hydrogen) atoms. The van der Waals surface area contributed by atoms with Gasteiger partial charge in [0.15, 0.2) is 0 Å². The molecular weight excluding hydrogens is 310 g/mol. The van der Waals surface area contributed by atoms with E-state index in [4.69, 9.17) is 4.42 Å². The fourth-order valence-corrected chi connectivity index (χ4v) is 3.12. The fraction of sp³-hybridized carbons (Fsp3) is 0.0455. The summed E-state index contributed by atoms with van der Waals surface area (Å²) in [7, 11) is 1.80. The van der Waals surface area contributed by atoms with Gasteiger partial charge >= 0.3 is 0 Å². The molecule has 0 aliphatic carbocycles. The van der Waals surface area contributed by atoms with Gasteiger partial charge in [0.05, 0.1) is 12.5 Å². The van der Waals surface area contributed by atoms with E-state index >= 15 is 0 Å². The van der Waals surface area contributed by atoms with Gasteiger partial charge in [-0.1, -0.05) is 48.5 Å². The Hall–Kier alpha value is -3.33. The Bertz CT molecular complexity index is 1020. The molecule has 1 heterocycles. The number of rotatable bonds is 3. The normalized spacial score (nSPS) is 10.8. The highest BCUT2D eigenvalue weighted by atomic mass is 16.3. The second kappa shape index (κ2) is 6.29. The third-order valence-corrected chi connectivity index (χ3v) is 4.43. The van der Waals surface area contributed by atoms with Crippen molar-refractivity contribution < 1.29 is 9.21 Å². The summed E-state index contributed by atoms with van der Waals surface area (Å²) in [4.78, 5) is 14.7. The van der Waals surface area contributed by atoms with E-state index in [1.165, 1.54) is 0 Å². The molecule has 0 aliphatic heterocycles. The topological polar surface area (TPSA) is 33.5 Å². The monoisotopic (exact) mass is 327 g/mol. The quantitative estimate of drug-likeness (QED) is 0.506. The maximum absolute atomic E-state index is 13.1. The van der Waals surface area contributed by atoms with Crippen molar-refractivity contribution >= 4 is 22.4 Å². The van der Waals surface area contributed by atoms with E-state index in [0.29, 0.717) is 5.56 Å². The Morgan fingerprint density at radius 2 is 1.60 bits per heavy atom. The first-order valence-electron chi connectivity index (χ1n) is 8.13. The molecule has 0 saturated carbocycles. The van der Waals surface area contributed by atoms with E-state index in [9.17, 15) is 4.79 Å². The molecule has 0 saturated heterocycles. The van der Waals surface area contributed by atoms with Gasteiger partial charge in [-0.15, -0.1) is 0 Å². The van der Waals surface area contributed by atoms with Crippen LogP contribution in [0.3, 0.4) is 0 Å². The summed E-state index contributed by atoms with van der Waals surface area (Å²) in [5.41, 5.74) is 3.62. The van der Waals surface area contributed by atoms with Crippen molar-refractivity contribution in [2.24, 2.45) is 0 Å². The lowest BCUT2D eigenvalue weighted by molar-refractivity contribution is 0.0994. The summed E-state index contributed by atoms with van der Waals surface area (Å²) in [5, 5.41) is 1.98. The van der Waals surface area contributed by atoms with Crippen LogP contribution in [0.5, 0.6) is 0 Å². The lowest BCUT2D eigenvalue weighted by atomic mass is 9.96. The average Bonchev–Trinajstić information content (AvgIpc) is 3.21. The van der Waals surface area contributed by atoms with Crippen molar-refractivity contribution in [3.05, 3.63) is 90.9 Å². The van der Waals surface area contributed by atoms with Crippen LogP contribution in [0.1, 0.15) is 10.4 Å². The van der Waals surface area contributed by atoms with Crippen LogP contribution in [-0.4, -0.2) is 13.0 Å². The number of benzene rings is 3. The van der Waals surface area contributed by atoms with E-state index in [2.05, 4.69) is 0 Å². The molecule has 0 bridgehead atoms. The lowest BCUT2D eigenvalue weighted by Crippen LogP contribution is -2.26. The van der Waals surface area contributed by atoms with Gasteiger partial charge in [-0.3, -0.25) is 4.79 Å². The van der Waals surface area contributed by atoms with Crippen molar-refractivity contribution in [1.29, 1.82) is 0 Å². The van der Waals surface area contributed by atoms with Gasteiger partial charge in [0.2, 0.25) is 0 Å². The zero-order valence-electron chi connectivity index (χ0n) is 13.8. The molecule has 0 atom stereocenters. The van der Waals surface area contributed by atoms with Gasteiger partial charge in [-0.2, -0.15) is 0 Å². The Morgan fingerprint density at radius 3 is 2.36 bits per heavy atom. The van der Waals surface area contributed by atoms with Gasteiger partial charge in [-0.25, -0.2) is 0 Å². The minimum absolute atomic E-state index is 0.0267. The van der Waals surface area contributed by atoms with Crippen LogP contribution in [0.2, 0.25) is 0 Å². The molecule has 0 unspecified atom stereocenters. The Labute approximate surface area is 146 Å². The predicted molar refractivity (Wildman–Crippen MR) is 101 cm³/mol. The highest BCUT2D eigenvalue weighted by Gasteiger charge is 2.17. The molecule has 3 nitrogen and oxygen atoms in total. The smallest absolute Gasteiger partial charge is 0.258 e. The molecule has 1 amide bonds. The number of nitrogens with zero attached hydrogens (tertiary/aromatic N) is 1. The van der Waals surface area contributed by atoms with Crippen molar-refractivity contribution in [2.45, 2.75) is 0 Å². The molecule has 0 N–H and O–H groups in total. The van der Waals surface area contributed by atoms with Crippen LogP contribution in [0.4, 0.5) is 5.69 Å². The van der Waals surface area contributed by atoms with Crippen LogP contribution >= 0.6 is 0 Å². The largest absolute Gasteiger partial charge is 0.472 e. The van der Waals surface area contributed by atoms with Crippen molar-refractivity contribution in [2.75, 3.05) is 11.9 Å². The molecule has 4 rings (SSSR count). The third-order valence-electron chi connectivity index (χ3n) is 4.43. The summed E-state index contributed by atoms with van der Waals surface area (Å²) >= 11 is 0. The zero-order valence-corrected chi connectivity index (χ0v) is 13.8. The van der Waals surface area contributed by atoms with Crippen LogP contribution < -0.4 is 4.90 Å². The summed E-state index contributed by atoms with van der Waals surface area (Å²) in [5.74, 6) is -0.0267. The molecule has 4 aromatic rings. The SMILES string of the molecule is CN(C(=O)c1cccc2c(-c3ccoc3)cccc12)c1ccccc1. The average molecular weight is 327 g/mol. The lowest BCUT2D eigenvalue weighted by Gasteiger charge is -2.19. The summed E-state index contributed by atoms with van der Waals surface area (Å²) in [6.45, 7) is 0. The van der Waals surface area contributed by atoms with Gasteiger partial charge < -0.3 is 9.32 Å². The number of furan rings is 1. The number of carbonyl (C=O) groups excluding carboxylic acids is 1. The van der Waals surface area contributed by atoms with Gasteiger partial charge in [-0.05, 0) is 40.6 Å². The van der Waals surface area contributed by atoms with Crippen LogP contribution in [0.25, 0.3) is 21.9 Å². The highest BCUT2D eigenvalue weighted by molar-refractivity contribution is 6.15. The second-order valence-electron chi connectivity index (χ2n) is 5.92. The molecule has 1 aromatic heterocycles. The first kappa shape index (κ1) is 15.2. The molecule has 122 valence electrons. The van der Waals surface area contributed by atoms with E-state index in [-0.39, 0.29) is 5.91 Å². The van der Waals surface area contributed by atoms with E-state index in [1.807, 2.05) is 72.8 Å². The Kier molecular flexibility index (Phi) is 3.82. The number of hydrogen-bond donors (Lipinski definition) is 0. The first-order valence-corrected chi connectivity index (χ1v) is 8.13. The Balaban J connectivity index is 1.83. The van der Waals surface area contributed by atoms with Gasteiger partial charge in [0.1, 0.15) is 0 Å². The third kappa shape index (κ3) is 2.70. The molecule has 3 heteroatoms. The number of hydrogen-bond acceptors (Lipinski definition) is 2. The number of carbonyl (C=O) groups is 1. The van der Waals surface area contributed by atoms with E-state index in [0.717, 1.165) is 27.6 Å². The Morgan fingerprint density at radius 1 is 0.840 bits per heavy atom. The van der Waals surface area contributed by atoms with E-state index < -0.39 is 0 Å². The van der Waals surface area contributed by atoms with Gasteiger partial charge in [0.25, 0.3) is 5.91 Å². The summed E-state index contributed by atoms with van der Waals surface area (Å²) in [6.07, 6.45) is 3.38. The van der Waals surface area contributed by atoms with Crippen molar-refractivity contribution in [1.82, 2.24) is 0 Å². The van der Waals surface area contributed by atoms with Crippen LogP contribution in [-0.2, 0) is 0 Å². The highest BCUT2D eigenvalue weighted by Crippen LogP contribution is 2.31.